The molecule has 1 aromatic rings. The minimum atomic E-state index is -0.263. The molecule has 0 bridgehead atoms. The fraction of sp³-hybridized carbons (Fsp3) is 0.700. The van der Waals surface area contributed by atoms with Crippen molar-refractivity contribution in [2.24, 2.45) is 12.5 Å². The molecule has 5 heteroatoms. The number of Topliss-reactive ketones (excluding diaryl/α,β-unsaturated/α-hetero) is 1. The zero-order valence-electron chi connectivity index (χ0n) is 9.16. The summed E-state index contributed by atoms with van der Waals surface area (Å²) >= 11 is 0. The van der Waals surface area contributed by atoms with Gasteiger partial charge in [-0.3, -0.25) is 4.79 Å². The SMILES string of the molecule is CCC1(C(=O)c2nncn2C)CCNC1. The second kappa shape index (κ2) is 3.73. The first kappa shape index (κ1) is 10.3. The predicted molar refractivity (Wildman–Crippen MR) is 55.5 cm³/mol. The van der Waals surface area contributed by atoms with Crippen molar-refractivity contribution in [2.75, 3.05) is 13.1 Å². The van der Waals surface area contributed by atoms with Gasteiger partial charge in [-0.15, -0.1) is 10.2 Å². The monoisotopic (exact) mass is 208 g/mol. The Kier molecular flexibility index (Phi) is 2.56. The fourth-order valence-corrected chi connectivity index (χ4v) is 2.13. The Hall–Kier alpha value is -1.23. The zero-order valence-corrected chi connectivity index (χ0v) is 9.16. The lowest BCUT2D eigenvalue weighted by Crippen LogP contribution is -2.34. The molecular weight excluding hydrogens is 192 g/mol. The minimum Gasteiger partial charge on any atom is -0.316 e. The van der Waals surface area contributed by atoms with E-state index >= 15 is 0 Å². The van der Waals surface area contributed by atoms with Gasteiger partial charge in [0.25, 0.3) is 0 Å². The van der Waals surface area contributed by atoms with Crippen LogP contribution in [0.2, 0.25) is 0 Å². The molecule has 1 unspecified atom stereocenters. The highest BCUT2D eigenvalue weighted by molar-refractivity contribution is 5.97. The highest BCUT2D eigenvalue weighted by atomic mass is 16.1. The third-order valence-electron chi connectivity index (χ3n) is 3.32. The molecule has 2 heterocycles. The van der Waals surface area contributed by atoms with Crippen molar-refractivity contribution < 1.29 is 4.79 Å². The summed E-state index contributed by atoms with van der Waals surface area (Å²) in [6.45, 7) is 3.73. The van der Waals surface area contributed by atoms with Crippen molar-refractivity contribution in [1.29, 1.82) is 0 Å². The van der Waals surface area contributed by atoms with Gasteiger partial charge >= 0.3 is 0 Å². The molecule has 1 N–H and O–H groups in total. The Balaban J connectivity index is 2.30. The number of aryl methyl sites for hydroxylation is 1. The van der Waals surface area contributed by atoms with Gasteiger partial charge in [-0.25, -0.2) is 0 Å². The number of nitrogens with one attached hydrogen (secondary N) is 1. The van der Waals surface area contributed by atoms with Crippen LogP contribution < -0.4 is 5.32 Å². The number of nitrogens with zero attached hydrogens (tertiary/aromatic N) is 3. The van der Waals surface area contributed by atoms with E-state index in [4.69, 9.17) is 0 Å². The van der Waals surface area contributed by atoms with Crippen molar-refractivity contribution in [3.8, 4) is 0 Å². The molecule has 82 valence electrons. The summed E-state index contributed by atoms with van der Waals surface area (Å²) < 4.78 is 1.69. The number of carbonyl (C=O) groups is 1. The lowest BCUT2D eigenvalue weighted by Gasteiger charge is -2.23. The van der Waals surface area contributed by atoms with Crippen molar-refractivity contribution >= 4 is 5.78 Å². The Morgan fingerprint density at radius 2 is 2.53 bits per heavy atom. The fourth-order valence-electron chi connectivity index (χ4n) is 2.13. The van der Waals surface area contributed by atoms with E-state index in [1.54, 1.807) is 17.9 Å². The highest BCUT2D eigenvalue weighted by Crippen LogP contribution is 2.32. The number of hydrogen-bond donors (Lipinski definition) is 1. The third kappa shape index (κ3) is 1.56. The van der Waals surface area contributed by atoms with E-state index in [-0.39, 0.29) is 11.2 Å². The maximum atomic E-state index is 12.3. The van der Waals surface area contributed by atoms with Crippen LogP contribution in [0.1, 0.15) is 30.4 Å². The summed E-state index contributed by atoms with van der Waals surface area (Å²) in [6, 6.07) is 0. The van der Waals surface area contributed by atoms with Crippen LogP contribution in [0.15, 0.2) is 6.33 Å². The summed E-state index contributed by atoms with van der Waals surface area (Å²) in [7, 11) is 1.80. The zero-order chi connectivity index (χ0) is 10.9. The Morgan fingerprint density at radius 1 is 1.73 bits per heavy atom. The molecule has 15 heavy (non-hydrogen) atoms. The molecule has 0 saturated carbocycles. The summed E-state index contributed by atoms with van der Waals surface area (Å²) in [5.41, 5.74) is -0.263. The van der Waals surface area contributed by atoms with Crippen molar-refractivity contribution in [3.05, 3.63) is 12.2 Å². The van der Waals surface area contributed by atoms with E-state index in [1.165, 1.54) is 0 Å². The lowest BCUT2D eigenvalue weighted by atomic mass is 9.79. The van der Waals surface area contributed by atoms with Crippen LogP contribution >= 0.6 is 0 Å². The van der Waals surface area contributed by atoms with Crippen LogP contribution in [-0.4, -0.2) is 33.6 Å². The van der Waals surface area contributed by atoms with E-state index in [0.717, 1.165) is 25.9 Å². The Labute approximate surface area is 88.9 Å². The maximum absolute atomic E-state index is 12.3. The topological polar surface area (TPSA) is 59.8 Å². The van der Waals surface area contributed by atoms with E-state index in [0.29, 0.717) is 5.82 Å². The molecule has 1 aliphatic rings. The molecule has 1 aliphatic heterocycles. The molecule has 0 radical (unpaired) electrons. The van der Waals surface area contributed by atoms with Crippen molar-refractivity contribution in [1.82, 2.24) is 20.1 Å². The summed E-state index contributed by atoms with van der Waals surface area (Å²) in [5.74, 6) is 0.593. The van der Waals surface area contributed by atoms with E-state index in [9.17, 15) is 4.79 Å². The molecular formula is C10H16N4O. The van der Waals surface area contributed by atoms with Gasteiger partial charge in [0, 0.05) is 13.6 Å². The second-order valence-corrected chi connectivity index (χ2v) is 4.16. The van der Waals surface area contributed by atoms with Crippen LogP contribution in [0.4, 0.5) is 0 Å². The largest absolute Gasteiger partial charge is 0.316 e. The van der Waals surface area contributed by atoms with Crippen LogP contribution in [-0.2, 0) is 7.05 Å². The predicted octanol–water partition coefficient (Wildman–Crippen LogP) is 0.388. The van der Waals surface area contributed by atoms with E-state index in [1.807, 2.05) is 0 Å². The van der Waals surface area contributed by atoms with Gasteiger partial charge in [0.05, 0.1) is 5.41 Å². The van der Waals surface area contributed by atoms with Crippen molar-refractivity contribution in [3.63, 3.8) is 0 Å². The minimum absolute atomic E-state index is 0.120. The number of carbonyl (C=O) groups excluding carboxylic acids is 1. The lowest BCUT2D eigenvalue weighted by molar-refractivity contribution is 0.0795. The number of aromatic nitrogens is 3. The smallest absolute Gasteiger partial charge is 0.207 e. The average molecular weight is 208 g/mol. The van der Waals surface area contributed by atoms with Gasteiger partial charge in [-0.2, -0.15) is 0 Å². The van der Waals surface area contributed by atoms with Gasteiger partial charge < -0.3 is 9.88 Å². The molecule has 2 rings (SSSR count). The molecule has 0 aromatic carbocycles. The molecule has 1 atom stereocenters. The molecule has 0 aliphatic carbocycles. The van der Waals surface area contributed by atoms with E-state index < -0.39 is 0 Å². The second-order valence-electron chi connectivity index (χ2n) is 4.16. The first-order chi connectivity index (χ1) is 7.19. The molecule has 1 aromatic heterocycles. The van der Waals surface area contributed by atoms with Crippen molar-refractivity contribution in [2.45, 2.75) is 19.8 Å². The first-order valence-electron chi connectivity index (χ1n) is 5.29. The highest BCUT2D eigenvalue weighted by Gasteiger charge is 2.41. The quantitative estimate of drug-likeness (QED) is 0.730. The standard InChI is InChI=1S/C10H16N4O/c1-3-10(4-5-11-6-10)8(15)9-13-12-7-14(9)2/h7,11H,3-6H2,1-2H3. The van der Waals surface area contributed by atoms with Gasteiger partial charge in [0.1, 0.15) is 6.33 Å². The van der Waals surface area contributed by atoms with Gasteiger partial charge in [0.2, 0.25) is 5.78 Å². The van der Waals surface area contributed by atoms with Crippen LogP contribution in [0.3, 0.4) is 0 Å². The molecule has 0 amide bonds. The Bertz CT molecular complexity index is 365. The summed E-state index contributed by atoms with van der Waals surface area (Å²) in [4.78, 5) is 12.3. The van der Waals surface area contributed by atoms with Crippen LogP contribution in [0.25, 0.3) is 0 Å². The average Bonchev–Trinajstić information content (AvgIpc) is 2.86. The van der Waals surface area contributed by atoms with Crippen LogP contribution in [0.5, 0.6) is 0 Å². The number of rotatable bonds is 3. The summed E-state index contributed by atoms with van der Waals surface area (Å²) in [6.07, 6.45) is 3.32. The normalized spacial score (nSPS) is 25.7. The third-order valence-corrected chi connectivity index (χ3v) is 3.32. The first-order valence-corrected chi connectivity index (χ1v) is 5.29. The van der Waals surface area contributed by atoms with E-state index in [2.05, 4.69) is 22.4 Å². The molecule has 5 nitrogen and oxygen atoms in total. The Morgan fingerprint density at radius 3 is 3.00 bits per heavy atom. The molecule has 0 spiro atoms. The molecule has 1 saturated heterocycles. The summed E-state index contributed by atoms with van der Waals surface area (Å²) in [5, 5.41) is 10.9. The number of hydrogen-bond acceptors (Lipinski definition) is 4. The van der Waals surface area contributed by atoms with Gasteiger partial charge in [-0.05, 0) is 19.4 Å². The molecule has 1 fully saturated rings. The number of ketones is 1. The van der Waals surface area contributed by atoms with Gasteiger partial charge in [-0.1, -0.05) is 6.92 Å². The van der Waals surface area contributed by atoms with Crippen LogP contribution in [0, 0.1) is 5.41 Å². The maximum Gasteiger partial charge on any atom is 0.207 e. The van der Waals surface area contributed by atoms with Gasteiger partial charge in [0.15, 0.2) is 5.82 Å².